The quantitative estimate of drug-likeness (QED) is 0.449. The smallest absolute Gasteiger partial charge is 0.255 e. The minimum Gasteiger partial charge on any atom is -0.722 e. The number of rotatable bonds is 4. The molecule has 8 heteroatoms. The van der Waals surface area contributed by atoms with Crippen LogP contribution in [0, 0.1) is 0 Å². The Hall–Kier alpha value is -0.370. The highest BCUT2D eigenvalue weighted by Crippen LogP contribution is 2.03. The molecule has 18 heavy (non-hydrogen) atoms. The van der Waals surface area contributed by atoms with Gasteiger partial charge in [-0.25, -0.2) is 17.2 Å². The maximum absolute atomic E-state index is 11.9. The fraction of sp³-hybridized carbons (Fsp3) is 1.00. The molecule has 1 atom stereocenters. The van der Waals surface area contributed by atoms with E-state index in [9.17, 15) is 17.1 Å². The van der Waals surface area contributed by atoms with E-state index in [1.54, 1.807) is 0 Å². The largest absolute Gasteiger partial charge is 0.722 e. The summed E-state index contributed by atoms with van der Waals surface area (Å²) in [4.78, 5) is 0. The molecule has 0 saturated heterocycles. The number of halogens is 4. The third kappa shape index (κ3) is 106. The van der Waals surface area contributed by atoms with E-state index in [2.05, 4.69) is 13.8 Å². The Labute approximate surface area is 108 Å². The summed E-state index contributed by atoms with van der Waals surface area (Å²) in [5.74, 6) is 0. The minimum atomic E-state index is -5.42. The SMILES string of the molecule is CCC.CCCCC(F)CF.CF.O=S(=O)([O-])F. The Kier molecular flexibility index (Phi) is 31.9. The molecule has 0 saturated carbocycles. The summed E-state index contributed by atoms with van der Waals surface area (Å²) in [5.41, 5.74) is 0. The molecule has 0 heterocycles. The zero-order valence-electron chi connectivity index (χ0n) is 11.3. The molecule has 0 fully saturated rings. The van der Waals surface area contributed by atoms with E-state index in [4.69, 9.17) is 13.0 Å². The molecule has 0 amide bonds. The predicted octanol–water partition coefficient (Wildman–Crippen LogP) is 3.90. The molecule has 3 nitrogen and oxygen atoms in total. The van der Waals surface area contributed by atoms with Crippen molar-refractivity contribution in [3.63, 3.8) is 0 Å². The number of hydrogen-bond donors (Lipinski definition) is 0. The van der Waals surface area contributed by atoms with Crippen molar-refractivity contribution in [1.82, 2.24) is 0 Å². The topological polar surface area (TPSA) is 57.2 Å². The van der Waals surface area contributed by atoms with E-state index < -0.39 is 23.4 Å². The van der Waals surface area contributed by atoms with Crippen LogP contribution in [0.4, 0.5) is 17.1 Å². The summed E-state index contributed by atoms with van der Waals surface area (Å²) in [6.07, 6.45) is 2.16. The molecule has 0 aliphatic carbocycles. The van der Waals surface area contributed by atoms with Crippen LogP contribution in [0.5, 0.6) is 0 Å². The van der Waals surface area contributed by atoms with Gasteiger partial charge in [0.2, 0.25) is 0 Å². The molecule has 1 unspecified atom stereocenters. The first kappa shape index (κ1) is 26.2. The summed E-state index contributed by atoms with van der Waals surface area (Å²) < 4.78 is 68.1. The van der Waals surface area contributed by atoms with Gasteiger partial charge in [0.15, 0.2) is 0 Å². The van der Waals surface area contributed by atoms with Crippen LogP contribution in [0.15, 0.2) is 0 Å². The van der Waals surface area contributed by atoms with E-state index >= 15 is 0 Å². The summed E-state index contributed by atoms with van der Waals surface area (Å²) in [7, 11) is -4.92. The minimum absolute atomic E-state index is 0.382. The molecule has 0 spiro atoms. The first-order valence-corrected chi connectivity index (χ1v) is 6.76. The van der Waals surface area contributed by atoms with Crippen molar-refractivity contribution < 1.29 is 30.0 Å². The average Bonchev–Trinajstić information content (AvgIpc) is 2.27. The van der Waals surface area contributed by atoms with Crippen molar-refractivity contribution >= 4 is 10.5 Å². The van der Waals surface area contributed by atoms with Gasteiger partial charge in [-0.3, -0.25) is 4.39 Å². The van der Waals surface area contributed by atoms with Crippen molar-refractivity contribution in [2.75, 3.05) is 13.9 Å². The molecule has 0 rings (SSSR count). The van der Waals surface area contributed by atoms with E-state index in [1.165, 1.54) is 6.42 Å². The lowest BCUT2D eigenvalue weighted by molar-refractivity contribution is 0.243. The molecule has 0 bridgehead atoms. The maximum atomic E-state index is 11.9. The zero-order valence-corrected chi connectivity index (χ0v) is 12.1. The highest BCUT2D eigenvalue weighted by atomic mass is 32.3. The van der Waals surface area contributed by atoms with Crippen LogP contribution in [0.25, 0.3) is 0 Å². The van der Waals surface area contributed by atoms with Crippen LogP contribution in [-0.4, -0.2) is 33.0 Å². The third-order valence-electron chi connectivity index (χ3n) is 1.04. The lowest BCUT2D eigenvalue weighted by atomic mass is 10.2. The summed E-state index contributed by atoms with van der Waals surface area (Å²) in [5, 5.41) is 0. The highest BCUT2D eigenvalue weighted by Gasteiger charge is 2.02. The number of hydrogen-bond acceptors (Lipinski definition) is 3. The average molecular weight is 299 g/mol. The van der Waals surface area contributed by atoms with Gasteiger partial charge in [0.25, 0.3) is 10.5 Å². The molecule has 116 valence electrons. The normalized spacial score (nSPS) is 10.7. The molecular formula is C10H23F4O3S-. The molecule has 0 aromatic heterocycles. The van der Waals surface area contributed by atoms with Crippen LogP contribution < -0.4 is 0 Å². The van der Waals surface area contributed by atoms with Gasteiger partial charge in [0.1, 0.15) is 12.8 Å². The Balaban J connectivity index is -0.0000000842. The zero-order chi connectivity index (χ0) is 15.6. The number of unbranched alkanes of at least 4 members (excludes halogenated alkanes) is 1. The number of alkyl halides is 3. The molecule has 0 aliphatic rings. The fourth-order valence-corrected chi connectivity index (χ4v) is 0.503. The first-order valence-electron chi connectivity index (χ1n) is 5.46. The van der Waals surface area contributed by atoms with Crippen molar-refractivity contribution in [2.24, 2.45) is 0 Å². The van der Waals surface area contributed by atoms with Gasteiger partial charge < -0.3 is 4.55 Å². The van der Waals surface area contributed by atoms with Crippen molar-refractivity contribution in [2.45, 2.75) is 52.6 Å². The molecule has 0 aromatic carbocycles. The van der Waals surface area contributed by atoms with Crippen LogP contribution in [0.1, 0.15) is 46.5 Å². The molecule has 0 aromatic rings. The van der Waals surface area contributed by atoms with Crippen molar-refractivity contribution in [3.05, 3.63) is 0 Å². The van der Waals surface area contributed by atoms with E-state index in [1.807, 2.05) is 6.92 Å². The molecule has 0 N–H and O–H groups in total. The van der Waals surface area contributed by atoms with Gasteiger partial charge in [-0.05, 0) is 6.42 Å². The van der Waals surface area contributed by atoms with Crippen LogP contribution in [0.2, 0.25) is 0 Å². The maximum Gasteiger partial charge on any atom is 0.255 e. The summed E-state index contributed by atoms with van der Waals surface area (Å²) >= 11 is 0. The van der Waals surface area contributed by atoms with Crippen LogP contribution in [-0.2, 0) is 10.5 Å². The van der Waals surface area contributed by atoms with Crippen molar-refractivity contribution in [1.29, 1.82) is 0 Å². The molecular weight excluding hydrogens is 276 g/mol. The first-order chi connectivity index (χ1) is 8.22. The second-order valence-electron chi connectivity index (χ2n) is 2.99. The molecule has 0 radical (unpaired) electrons. The van der Waals surface area contributed by atoms with Crippen molar-refractivity contribution in [3.8, 4) is 0 Å². The van der Waals surface area contributed by atoms with E-state index in [-0.39, 0.29) is 0 Å². The summed E-state index contributed by atoms with van der Waals surface area (Å²) in [6.45, 7) is 5.39. The standard InChI is InChI=1S/C6H12F2.C3H8.CH3F.FHO3S/c1-2-3-4-6(8)5-7;1-3-2;1-2;1-5(2,3)4/h6H,2-5H2,1H3;3H2,1-2H3;1H3;(H,2,3,4)/p-1. The van der Waals surface area contributed by atoms with Gasteiger partial charge >= 0.3 is 0 Å². The molecule has 0 aliphatic heterocycles. The van der Waals surface area contributed by atoms with E-state index in [0.29, 0.717) is 13.6 Å². The monoisotopic (exact) mass is 299 g/mol. The highest BCUT2D eigenvalue weighted by molar-refractivity contribution is 7.80. The van der Waals surface area contributed by atoms with Gasteiger partial charge in [-0.15, -0.1) is 3.89 Å². The lowest BCUT2D eigenvalue weighted by Crippen LogP contribution is -2.00. The van der Waals surface area contributed by atoms with Gasteiger partial charge in [0, 0.05) is 0 Å². The Morgan fingerprint density at radius 2 is 1.44 bits per heavy atom. The van der Waals surface area contributed by atoms with Gasteiger partial charge in [-0.2, -0.15) is 0 Å². The second kappa shape index (κ2) is 21.9. The van der Waals surface area contributed by atoms with Crippen LogP contribution in [0.3, 0.4) is 0 Å². The third-order valence-corrected chi connectivity index (χ3v) is 1.04. The second-order valence-corrected chi connectivity index (χ2v) is 3.78. The summed E-state index contributed by atoms with van der Waals surface area (Å²) in [6, 6.07) is 0. The predicted molar refractivity (Wildman–Crippen MR) is 64.2 cm³/mol. The lowest BCUT2D eigenvalue weighted by Gasteiger charge is -1.98. The Bertz CT molecular complexity index is 203. The van der Waals surface area contributed by atoms with Gasteiger partial charge in [0.05, 0.1) is 7.18 Å². The van der Waals surface area contributed by atoms with Crippen LogP contribution >= 0.6 is 0 Å². The van der Waals surface area contributed by atoms with Gasteiger partial charge in [-0.1, -0.05) is 40.0 Å². The Morgan fingerprint density at radius 3 is 1.61 bits per heavy atom. The Morgan fingerprint density at radius 1 is 1.17 bits per heavy atom. The fourth-order valence-electron chi connectivity index (χ4n) is 0.503. The van der Waals surface area contributed by atoms with E-state index in [0.717, 1.165) is 12.8 Å².